The third-order valence-corrected chi connectivity index (χ3v) is 3.22. The Morgan fingerprint density at radius 3 is 2.57 bits per heavy atom. The molecule has 5 nitrogen and oxygen atoms in total. The van der Waals surface area contributed by atoms with E-state index >= 15 is 0 Å². The van der Waals surface area contributed by atoms with E-state index in [-0.39, 0.29) is 24.8 Å². The molecule has 21 heavy (non-hydrogen) atoms. The Morgan fingerprint density at radius 2 is 2.10 bits per heavy atom. The number of rotatable bonds is 7. The first-order chi connectivity index (χ1) is 9.79. The van der Waals surface area contributed by atoms with Gasteiger partial charge in [0.1, 0.15) is 0 Å². The summed E-state index contributed by atoms with van der Waals surface area (Å²) in [6.07, 6.45) is -3.48. The fourth-order valence-corrected chi connectivity index (χ4v) is 1.92. The van der Waals surface area contributed by atoms with Crippen LogP contribution < -0.4 is 5.32 Å². The fourth-order valence-electron chi connectivity index (χ4n) is 1.92. The Morgan fingerprint density at radius 1 is 1.43 bits per heavy atom. The van der Waals surface area contributed by atoms with E-state index in [4.69, 9.17) is 5.11 Å². The maximum atomic E-state index is 12.9. The van der Waals surface area contributed by atoms with E-state index < -0.39 is 22.4 Å². The monoisotopic (exact) mass is 306 g/mol. The molecule has 0 aliphatic rings. The zero-order valence-corrected chi connectivity index (χ0v) is 11.5. The van der Waals surface area contributed by atoms with Gasteiger partial charge in [0.15, 0.2) is 0 Å². The van der Waals surface area contributed by atoms with E-state index in [1.165, 1.54) is 0 Å². The summed E-state index contributed by atoms with van der Waals surface area (Å²) >= 11 is 0. The number of benzene rings is 1. The van der Waals surface area contributed by atoms with Crippen molar-refractivity contribution in [3.63, 3.8) is 0 Å². The van der Waals surface area contributed by atoms with Crippen LogP contribution >= 0.6 is 0 Å². The van der Waals surface area contributed by atoms with E-state index in [9.17, 15) is 23.3 Å². The number of nitro benzene ring substituents is 1. The minimum absolute atomic E-state index is 0.0336. The van der Waals surface area contributed by atoms with Crippen molar-refractivity contribution in [1.82, 2.24) is 0 Å². The molecule has 0 spiro atoms. The van der Waals surface area contributed by atoms with Crippen LogP contribution in [0.1, 0.15) is 25.3 Å². The van der Waals surface area contributed by atoms with Crippen LogP contribution in [0.25, 0.3) is 0 Å². The largest absolute Gasteiger partial charge is 0.418 e. The van der Waals surface area contributed by atoms with Crippen molar-refractivity contribution in [2.24, 2.45) is 5.92 Å². The van der Waals surface area contributed by atoms with Gasteiger partial charge in [0.25, 0.3) is 5.69 Å². The van der Waals surface area contributed by atoms with E-state index in [0.717, 1.165) is 12.1 Å². The summed E-state index contributed by atoms with van der Waals surface area (Å²) < 4.78 is 38.8. The molecule has 0 aliphatic carbocycles. The van der Waals surface area contributed by atoms with Gasteiger partial charge in [-0.1, -0.05) is 13.3 Å². The Bertz CT molecular complexity index is 492. The van der Waals surface area contributed by atoms with Crippen molar-refractivity contribution in [2.75, 3.05) is 18.5 Å². The zero-order chi connectivity index (χ0) is 16.0. The van der Waals surface area contributed by atoms with Crippen molar-refractivity contribution in [3.05, 3.63) is 33.9 Å². The lowest BCUT2D eigenvalue weighted by Gasteiger charge is -2.18. The number of alkyl halides is 3. The highest BCUT2D eigenvalue weighted by Gasteiger charge is 2.35. The quantitative estimate of drug-likeness (QED) is 0.598. The summed E-state index contributed by atoms with van der Waals surface area (Å²) in [7, 11) is 0. The summed E-state index contributed by atoms with van der Waals surface area (Å²) in [5.74, 6) is 0.0336. The molecule has 0 aromatic heterocycles. The van der Waals surface area contributed by atoms with Gasteiger partial charge in [0, 0.05) is 31.0 Å². The minimum atomic E-state index is -4.67. The molecule has 0 saturated carbocycles. The molecule has 1 rings (SSSR count). The molecule has 0 radical (unpaired) electrons. The molecule has 0 saturated heterocycles. The second-order valence-electron chi connectivity index (χ2n) is 4.65. The average molecular weight is 306 g/mol. The van der Waals surface area contributed by atoms with Gasteiger partial charge in [0.2, 0.25) is 0 Å². The number of aliphatic hydroxyl groups is 1. The van der Waals surface area contributed by atoms with Gasteiger partial charge < -0.3 is 10.4 Å². The van der Waals surface area contributed by atoms with Crippen LogP contribution in [-0.2, 0) is 6.18 Å². The summed E-state index contributed by atoms with van der Waals surface area (Å²) in [6.45, 7) is 2.10. The van der Waals surface area contributed by atoms with E-state index in [0.29, 0.717) is 18.9 Å². The summed E-state index contributed by atoms with van der Waals surface area (Å²) in [5, 5.41) is 22.1. The van der Waals surface area contributed by atoms with Crippen molar-refractivity contribution >= 4 is 11.4 Å². The highest BCUT2D eigenvalue weighted by Crippen LogP contribution is 2.37. The Hall–Kier alpha value is -1.83. The lowest BCUT2D eigenvalue weighted by Crippen LogP contribution is -2.18. The molecule has 1 unspecified atom stereocenters. The van der Waals surface area contributed by atoms with Gasteiger partial charge >= 0.3 is 6.18 Å². The molecule has 118 valence electrons. The van der Waals surface area contributed by atoms with E-state index in [1.54, 1.807) is 0 Å². The second kappa shape index (κ2) is 7.26. The van der Waals surface area contributed by atoms with Crippen LogP contribution in [0.4, 0.5) is 24.5 Å². The third kappa shape index (κ3) is 4.89. The molecule has 1 aromatic carbocycles. The number of hydrogen-bond donors (Lipinski definition) is 2. The van der Waals surface area contributed by atoms with Crippen LogP contribution in [0.15, 0.2) is 18.2 Å². The number of hydrogen-bond acceptors (Lipinski definition) is 4. The maximum absolute atomic E-state index is 12.9. The molecule has 0 heterocycles. The van der Waals surface area contributed by atoms with Gasteiger partial charge in [-0.3, -0.25) is 10.1 Å². The van der Waals surface area contributed by atoms with E-state index in [1.807, 2.05) is 6.92 Å². The normalized spacial score (nSPS) is 13.0. The molecule has 0 bridgehead atoms. The summed E-state index contributed by atoms with van der Waals surface area (Å²) in [4.78, 5) is 9.72. The van der Waals surface area contributed by atoms with Gasteiger partial charge in [-0.15, -0.1) is 0 Å². The zero-order valence-electron chi connectivity index (χ0n) is 11.5. The second-order valence-corrected chi connectivity index (χ2v) is 4.65. The van der Waals surface area contributed by atoms with Crippen LogP contribution in [0, 0.1) is 16.0 Å². The van der Waals surface area contributed by atoms with Crippen molar-refractivity contribution in [3.8, 4) is 0 Å². The Balaban J connectivity index is 2.98. The number of nitro groups is 1. The first kappa shape index (κ1) is 17.2. The number of aliphatic hydroxyl groups excluding tert-OH is 1. The Kier molecular flexibility index (Phi) is 5.95. The van der Waals surface area contributed by atoms with E-state index in [2.05, 4.69) is 5.32 Å². The number of nitrogens with one attached hydrogen (secondary N) is 1. The van der Waals surface area contributed by atoms with Gasteiger partial charge in [-0.2, -0.15) is 13.2 Å². The predicted octanol–water partition coefficient (Wildman–Crippen LogP) is 3.43. The third-order valence-electron chi connectivity index (χ3n) is 3.22. The van der Waals surface area contributed by atoms with Crippen LogP contribution in [0.5, 0.6) is 0 Å². The van der Waals surface area contributed by atoms with Crippen molar-refractivity contribution in [1.29, 1.82) is 0 Å². The number of anilines is 1. The van der Waals surface area contributed by atoms with Gasteiger partial charge in [-0.25, -0.2) is 0 Å². The molecule has 0 fully saturated rings. The molecular formula is C13H17F3N2O3. The van der Waals surface area contributed by atoms with Crippen LogP contribution in [-0.4, -0.2) is 23.2 Å². The number of halogens is 3. The smallest absolute Gasteiger partial charge is 0.396 e. The average Bonchev–Trinajstić information content (AvgIpc) is 2.42. The standard InChI is InChI=1S/C13H17F3N2O3/c1-2-9(5-6-19)8-17-12-4-3-10(18(20)21)7-11(12)13(14,15)16/h3-4,7,9,17,19H,2,5-6,8H2,1H3. The molecule has 2 N–H and O–H groups in total. The van der Waals surface area contributed by atoms with Crippen molar-refractivity contribution in [2.45, 2.75) is 25.9 Å². The summed E-state index contributed by atoms with van der Waals surface area (Å²) in [5.41, 5.74) is -1.85. The Labute approximate surface area is 119 Å². The molecule has 8 heteroatoms. The lowest BCUT2D eigenvalue weighted by atomic mass is 10.0. The molecular weight excluding hydrogens is 289 g/mol. The number of nitrogens with zero attached hydrogens (tertiary/aromatic N) is 1. The topological polar surface area (TPSA) is 75.4 Å². The highest BCUT2D eigenvalue weighted by atomic mass is 19.4. The van der Waals surface area contributed by atoms with Gasteiger partial charge in [0.05, 0.1) is 10.5 Å². The molecule has 1 atom stereocenters. The number of non-ortho nitro benzene ring substituents is 1. The molecule has 0 aliphatic heterocycles. The SMILES string of the molecule is CCC(CCO)CNc1ccc([N+](=O)[O-])cc1C(F)(F)F. The van der Waals surface area contributed by atoms with Crippen molar-refractivity contribution < 1.29 is 23.2 Å². The highest BCUT2D eigenvalue weighted by molar-refractivity contribution is 5.57. The minimum Gasteiger partial charge on any atom is -0.396 e. The molecule has 0 amide bonds. The predicted molar refractivity (Wildman–Crippen MR) is 72.1 cm³/mol. The first-order valence-electron chi connectivity index (χ1n) is 6.50. The lowest BCUT2D eigenvalue weighted by molar-refractivity contribution is -0.385. The van der Waals surface area contributed by atoms with Gasteiger partial charge in [-0.05, 0) is 18.4 Å². The molecule has 1 aromatic rings. The summed E-state index contributed by atoms with van der Waals surface area (Å²) in [6, 6.07) is 2.62. The van der Waals surface area contributed by atoms with Crippen LogP contribution in [0.2, 0.25) is 0 Å². The fraction of sp³-hybridized carbons (Fsp3) is 0.538. The maximum Gasteiger partial charge on any atom is 0.418 e. The first-order valence-corrected chi connectivity index (χ1v) is 6.50. The van der Waals surface area contributed by atoms with Crippen LogP contribution in [0.3, 0.4) is 0 Å².